The van der Waals surface area contributed by atoms with Crippen molar-refractivity contribution >= 4 is 5.69 Å². The maximum Gasteiger partial charge on any atom is 0.115 e. The van der Waals surface area contributed by atoms with Gasteiger partial charge in [0.25, 0.3) is 0 Å². The molecule has 1 aromatic rings. The summed E-state index contributed by atoms with van der Waals surface area (Å²) >= 11 is 0. The fraction of sp³-hybridized carbons (Fsp3) is 0.571. The zero-order valence-corrected chi connectivity index (χ0v) is 9.78. The Labute approximate surface area is 97.7 Å². The fourth-order valence-corrected chi connectivity index (χ4v) is 2.48. The van der Waals surface area contributed by atoms with Gasteiger partial charge in [0.2, 0.25) is 0 Å². The summed E-state index contributed by atoms with van der Waals surface area (Å²) < 4.78 is 0. The van der Waals surface area contributed by atoms with Crippen LogP contribution in [0.15, 0.2) is 24.3 Å². The van der Waals surface area contributed by atoms with Gasteiger partial charge in [0.05, 0.1) is 0 Å². The van der Waals surface area contributed by atoms with Crippen LogP contribution >= 0.6 is 0 Å². The highest BCUT2D eigenvalue weighted by atomic mass is 16.3. The average molecular weight is 219 g/mol. The lowest BCUT2D eigenvalue weighted by molar-refractivity contribution is 0.345. The largest absolute Gasteiger partial charge is 0.508 e. The second-order valence-corrected chi connectivity index (χ2v) is 4.77. The number of phenols is 1. The first-order chi connectivity index (χ1) is 7.84. The van der Waals surface area contributed by atoms with Crippen molar-refractivity contribution < 1.29 is 5.11 Å². The predicted octanol–water partition coefficient (Wildman–Crippen LogP) is 3.77. The first kappa shape index (κ1) is 11.3. The van der Waals surface area contributed by atoms with Crippen LogP contribution in [-0.4, -0.2) is 11.7 Å². The van der Waals surface area contributed by atoms with Gasteiger partial charge in [0.1, 0.15) is 5.75 Å². The Hall–Kier alpha value is -1.18. The Morgan fingerprint density at radius 3 is 2.44 bits per heavy atom. The molecule has 1 fully saturated rings. The minimum absolute atomic E-state index is 0.331. The van der Waals surface area contributed by atoms with E-state index in [9.17, 15) is 0 Å². The van der Waals surface area contributed by atoms with E-state index in [4.69, 9.17) is 5.11 Å². The second kappa shape index (κ2) is 5.78. The van der Waals surface area contributed by atoms with Crippen LogP contribution in [0, 0.1) is 5.92 Å². The van der Waals surface area contributed by atoms with Gasteiger partial charge in [0, 0.05) is 12.2 Å². The minimum Gasteiger partial charge on any atom is -0.508 e. The van der Waals surface area contributed by atoms with Gasteiger partial charge in [-0.2, -0.15) is 0 Å². The lowest BCUT2D eigenvalue weighted by atomic mass is 9.87. The number of rotatable bonds is 4. The van der Waals surface area contributed by atoms with E-state index in [1.165, 1.54) is 38.5 Å². The first-order valence-electron chi connectivity index (χ1n) is 6.37. The molecule has 1 aromatic carbocycles. The lowest BCUT2D eigenvalue weighted by Gasteiger charge is -2.21. The summed E-state index contributed by atoms with van der Waals surface area (Å²) in [5, 5.41) is 12.6. The van der Waals surface area contributed by atoms with Gasteiger partial charge >= 0.3 is 0 Å². The van der Waals surface area contributed by atoms with Crippen LogP contribution in [0.25, 0.3) is 0 Å². The van der Waals surface area contributed by atoms with Crippen molar-refractivity contribution in [3.63, 3.8) is 0 Å². The summed E-state index contributed by atoms with van der Waals surface area (Å²) in [6, 6.07) is 7.30. The van der Waals surface area contributed by atoms with Gasteiger partial charge in [-0.25, -0.2) is 0 Å². The molecular weight excluding hydrogens is 198 g/mol. The summed E-state index contributed by atoms with van der Waals surface area (Å²) in [4.78, 5) is 0. The molecule has 0 bridgehead atoms. The Balaban J connectivity index is 1.69. The topological polar surface area (TPSA) is 32.3 Å². The molecule has 16 heavy (non-hydrogen) atoms. The summed E-state index contributed by atoms with van der Waals surface area (Å²) in [7, 11) is 0. The van der Waals surface area contributed by atoms with Crippen LogP contribution in [0.1, 0.15) is 38.5 Å². The molecule has 0 spiro atoms. The standard InChI is InChI=1S/C14H21NO/c16-14-8-6-13(7-9-14)15-11-10-12-4-2-1-3-5-12/h6-9,12,15-16H,1-5,10-11H2. The van der Waals surface area contributed by atoms with E-state index in [0.29, 0.717) is 5.75 Å². The summed E-state index contributed by atoms with van der Waals surface area (Å²) in [5.74, 6) is 1.26. The highest BCUT2D eigenvalue weighted by molar-refractivity contribution is 5.45. The number of nitrogens with one attached hydrogen (secondary N) is 1. The molecule has 88 valence electrons. The third-order valence-corrected chi connectivity index (χ3v) is 3.47. The summed E-state index contributed by atoms with van der Waals surface area (Å²) in [6.07, 6.45) is 8.38. The Bertz CT molecular complexity index is 301. The molecule has 0 saturated heterocycles. The zero-order valence-electron chi connectivity index (χ0n) is 9.78. The minimum atomic E-state index is 0.331. The Kier molecular flexibility index (Phi) is 4.09. The van der Waals surface area contributed by atoms with Gasteiger partial charge in [-0.1, -0.05) is 32.1 Å². The van der Waals surface area contributed by atoms with Crippen molar-refractivity contribution in [2.75, 3.05) is 11.9 Å². The second-order valence-electron chi connectivity index (χ2n) is 4.77. The zero-order chi connectivity index (χ0) is 11.2. The van der Waals surface area contributed by atoms with E-state index in [1.54, 1.807) is 12.1 Å². The normalized spacial score (nSPS) is 17.2. The van der Waals surface area contributed by atoms with E-state index in [2.05, 4.69) is 5.32 Å². The van der Waals surface area contributed by atoms with Crippen LogP contribution in [0.3, 0.4) is 0 Å². The summed E-state index contributed by atoms with van der Waals surface area (Å²) in [6.45, 7) is 1.05. The van der Waals surface area contributed by atoms with Crippen molar-refractivity contribution in [3.8, 4) is 5.75 Å². The predicted molar refractivity (Wildman–Crippen MR) is 67.8 cm³/mol. The molecule has 0 aromatic heterocycles. The molecular formula is C14H21NO. The van der Waals surface area contributed by atoms with E-state index in [0.717, 1.165) is 18.2 Å². The molecule has 0 unspecified atom stereocenters. The van der Waals surface area contributed by atoms with Crippen molar-refractivity contribution in [2.24, 2.45) is 5.92 Å². The van der Waals surface area contributed by atoms with Crippen LogP contribution in [0.4, 0.5) is 5.69 Å². The smallest absolute Gasteiger partial charge is 0.115 e. The van der Waals surface area contributed by atoms with E-state index >= 15 is 0 Å². The molecule has 0 heterocycles. The monoisotopic (exact) mass is 219 g/mol. The number of phenolic OH excluding ortho intramolecular Hbond substituents is 1. The number of anilines is 1. The Morgan fingerprint density at radius 1 is 1.06 bits per heavy atom. The van der Waals surface area contributed by atoms with Crippen molar-refractivity contribution in [1.82, 2.24) is 0 Å². The van der Waals surface area contributed by atoms with Crippen LogP contribution in [-0.2, 0) is 0 Å². The molecule has 2 heteroatoms. The molecule has 1 aliphatic carbocycles. The van der Waals surface area contributed by atoms with Gasteiger partial charge < -0.3 is 10.4 Å². The van der Waals surface area contributed by atoms with Crippen molar-refractivity contribution in [2.45, 2.75) is 38.5 Å². The number of benzene rings is 1. The number of hydrogen-bond acceptors (Lipinski definition) is 2. The Morgan fingerprint density at radius 2 is 1.75 bits per heavy atom. The van der Waals surface area contributed by atoms with Crippen molar-refractivity contribution in [3.05, 3.63) is 24.3 Å². The van der Waals surface area contributed by atoms with Gasteiger partial charge in [-0.3, -0.25) is 0 Å². The molecule has 0 amide bonds. The maximum atomic E-state index is 9.16. The van der Waals surface area contributed by atoms with Crippen LogP contribution in [0.2, 0.25) is 0 Å². The molecule has 2 nitrogen and oxygen atoms in total. The van der Waals surface area contributed by atoms with E-state index in [-0.39, 0.29) is 0 Å². The van der Waals surface area contributed by atoms with Gasteiger partial charge in [-0.15, -0.1) is 0 Å². The molecule has 2 rings (SSSR count). The van der Waals surface area contributed by atoms with Crippen LogP contribution in [0.5, 0.6) is 5.75 Å². The number of hydrogen-bond donors (Lipinski definition) is 2. The first-order valence-corrected chi connectivity index (χ1v) is 6.37. The molecule has 0 atom stereocenters. The van der Waals surface area contributed by atoms with Gasteiger partial charge in [0.15, 0.2) is 0 Å². The van der Waals surface area contributed by atoms with E-state index < -0.39 is 0 Å². The molecule has 1 aliphatic rings. The molecule has 2 N–H and O–H groups in total. The number of aromatic hydroxyl groups is 1. The average Bonchev–Trinajstić information content (AvgIpc) is 2.33. The highest BCUT2D eigenvalue weighted by Crippen LogP contribution is 2.26. The lowest BCUT2D eigenvalue weighted by Crippen LogP contribution is -2.12. The summed E-state index contributed by atoms with van der Waals surface area (Å²) in [5.41, 5.74) is 1.11. The van der Waals surface area contributed by atoms with Crippen molar-refractivity contribution in [1.29, 1.82) is 0 Å². The molecule has 0 aliphatic heterocycles. The van der Waals surface area contributed by atoms with Gasteiger partial charge in [-0.05, 0) is 36.6 Å². The maximum absolute atomic E-state index is 9.16. The quantitative estimate of drug-likeness (QED) is 0.755. The SMILES string of the molecule is Oc1ccc(NCCC2CCCCC2)cc1. The fourth-order valence-electron chi connectivity index (χ4n) is 2.48. The van der Waals surface area contributed by atoms with Crippen LogP contribution < -0.4 is 5.32 Å². The third-order valence-electron chi connectivity index (χ3n) is 3.47. The molecule has 1 saturated carbocycles. The van der Waals surface area contributed by atoms with E-state index in [1.807, 2.05) is 12.1 Å². The molecule has 0 radical (unpaired) electrons. The third kappa shape index (κ3) is 3.44. The highest BCUT2D eigenvalue weighted by Gasteiger charge is 2.12.